The highest BCUT2D eigenvalue weighted by atomic mass is 19.4. The van der Waals surface area contributed by atoms with E-state index in [1.54, 1.807) is 0 Å². The Morgan fingerprint density at radius 3 is 2.26 bits per heavy atom. The van der Waals surface area contributed by atoms with Gasteiger partial charge in [-0.25, -0.2) is 0 Å². The molecule has 0 bridgehead atoms. The van der Waals surface area contributed by atoms with Gasteiger partial charge in [-0.05, 0) is 50.3 Å². The second kappa shape index (κ2) is 5.46. The molecule has 3 N–H and O–H groups in total. The summed E-state index contributed by atoms with van der Waals surface area (Å²) in [7, 11) is 0. The normalized spacial score (nSPS) is 33.5. The van der Waals surface area contributed by atoms with Crippen LogP contribution < -0.4 is 5.32 Å². The third-order valence-electron chi connectivity index (χ3n) is 5.37. The van der Waals surface area contributed by atoms with Crippen LogP contribution in [-0.2, 0) is 11.8 Å². The first kappa shape index (κ1) is 16.7. The fourth-order valence-corrected chi connectivity index (χ4v) is 3.76. The summed E-state index contributed by atoms with van der Waals surface area (Å²) in [5.74, 6) is 0. The molecule has 1 aliphatic carbocycles. The summed E-state index contributed by atoms with van der Waals surface area (Å²) in [5.41, 5.74) is -1.55. The first-order valence-corrected chi connectivity index (χ1v) is 7.96. The van der Waals surface area contributed by atoms with Crippen LogP contribution >= 0.6 is 0 Å². The molecule has 128 valence electrons. The van der Waals surface area contributed by atoms with E-state index in [0.29, 0.717) is 18.4 Å². The molecule has 2 aliphatic rings. The molecule has 3 rings (SSSR count). The highest BCUT2D eigenvalue weighted by Gasteiger charge is 2.53. The molecular formula is C17H22F3NO2. The van der Waals surface area contributed by atoms with Gasteiger partial charge in [-0.15, -0.1) is 0 Å². The predicted octanol–water partition coefficient (Wildman–Crippen LogP) is 2.81. The van der Waals surface area contributed by atoms with E-state index < -0.39 is 17.3 Å². The summed E-state index contributed by atoms with van der Waals surface area (Å²) in [6.45, 7) is 2.02. The largest absolute Gasteiger partial charge is 0.416 e. The Labute approximate surface area is 133 Å². The van der Waals surface area contributed by atoms with E-state index in [0.717, 1.165) is 25.0 Å². The Hall–Kier alpha value is -1.11. The summed E-state index contributed by atoms with van der Waals surface area (Å²) in [6, 6.07) is 4.79. The molecule has 23 heavy (non-hydrogen) atoms. The van der Waals surface area contributed by atoms with Gasteiger partial charge in [0.15, 0.2) is 0 Å². The van der Waals surface area contributed by atoms with Gasteiger partial charge in [0.2, 0.25) is 0 Å². The summed E-state index contributed by atoms with van der Waals surface area (Å²) in [5, 5.41) is 24.1. The highest BCUT2D eigenvalue weighted by Crippen LogP contribution is 2.53. The van der Waals surface area contributed by atoms with Crippen LogP contribution in [0.3, 0.4) is 0 Å². The van der Waals surface area contributed by atoms with Crippen LogP contribution in [0.15, 0.2) is 24.3 Å². The van der Waals surface area contributed by atoms with Crippen LogP contribution in [-0.4, -0.2) is 28.9 Å². The average molecular weight is 329 g/mol. The SMILES string of the molecule is C[C@H]1CC(O)(c2ccc(C(F)(F)F)cc2)C[C@@H](C2(CO)CC2)N1. The van der Waals surface area contributed by atoms with Crippen LogP contribution in [0, 0.1) is 5.41 Å². The van der Waals surface area contributed by atoms with Crippen LogP contribution in [0.1, 0.15) is 43.7 Å². The van der Waals surface area contributed by atoms with Crippen molar-refractivity contribution in [3.63, 3.8) is 0 Å². The smallest absolute Gasteiger partial charge is 0.396 e. The lowest BCUT2D eigenvalue weighted by atomic mass is 9.75. The molecule has 0 spiro atoms. The standard InChI is InChI=1S/C17H22F3NO2/c1-11-8-16(23,9-14(21-11)15(10-22)6-7-15)12-2-4-13(5-3-12)17(18,19)20/h2-5,11,14,21-23H,6-10H2,1H3/t11-,14-,16?/m0/s1. The molecule has 3 atom stereocenters. The quantitative estimate of drug-likeness (QED) is 0.799. The third kappa shape index (κ3) is 3.12. The van der Waals surface area contributed by atoms with Crippen LogP contribution in [0.25, 0.3) is 0 Å². The third-order valence-corrected chi connectivity index (χ3v) is 5.37. The number of halogens is 3. The van der Waals surface area contributed by atoms with Crippen molar-refractivity contribution in [1.82, 2.24) is 5.32 Å². The Kier molecular flexibility index (Phi) is 3.98. The molecule has 0 aromatic heterocycles. The Balaban J connectivity index is 1.85. The molecule has 1 aromatic rings. The van der Waals surface area contributed by atoms with Gasteiger partial charge >= 0.3 is 6.18 Å². The predicted molar refractivity (Wildman–Crippen MR) is 79.7 cm³/mol. The van der Waals surface area contributed by atoms with Crippen molar-refractivity contribution >= 4 is 0 Å². The molecule has 1 unspecified atom stereocenters. The number of aliphatic hydroxyl groups excluding tert-OH is 1. The van der Waals surface area contributed by atoms with Crippen molar-refractivity contribution in [2.24, 2.45) is 5.41 Å². The zero-order valence-corrected chi connectivity index (χ0v) is 13.0. The van der Waals surface area contributed by atoms with E-state index in [9.17, 15) is 23.4 Å². The second-order valence-corrected chi connectivity index (χ2v) is 7.16. The van der Waals surface area contributed by atoms with Gasteiger partial charge in [-0.2, -0.15) is 13.2 Å². The Bertz CT molecular complexity index is 568. The van der Waals surface area contributed by atoms with Crippen LogP contribution in [0.4, 0.5) is 13.2 Å². The van der Waals surface area contributed by atoms with Gasteiger partial charge in [-0.3, -0.25) is 0 Å². The van der Waals surface area contributed by atoms with E-state index >= 15 is 0 Å². The zero-order chi connectivity index (χ0) is 16.9. The van der Waals surface area contributed by atoms with Gasteiger partial charge in [-0.1, -0.05) is 12.1 Å². The van der Waals surface area contributed by atoms with Crippen molar-refractivity contribution in [3.05, 3.63) is 35.4 Å². The molecular weight excluding hydrogens is 307 g/mol. The summed E-state index contributed by atoms with van der Waals surface area (Å²) >= 11 is 0. The average Bonchev–Trinajstić information content (AvgIpc) is 3.27. The lowest BCUT2D eigenvalue weighted by molar-refractivity contribution is -0.137. The monoisotopic (exact) mass is 329 g/mol. The molecule has 1 saturated heterocycles. The first-order chi connectivity index (χ1) is 10.7. The van der Waals surface area contributed by atoms with Gasteiger partial charge in [0.1, 0.15) is 0 Å². The molecule has 1 saturated carbocycles. The number of rotatable bonds is 3. The minimum absolute atomic E-state index is 0.0245. The number of aliphatic hydroxyl groups is 2. The summed E-state index contributed by atoms with van der Waals surface area (Å²) in [6.07, 6.45) is -1.70. The fraction of sp³-hybridized carbons (Fsp3) is 0.647. The number of alkyl halides is 3. The van der Waals surface area contributed by atoms with Gasteiger partial charge < -0.3 is 15.5 Å². The lowest BCUT2D eigenvalue weighted by Crippen LogP contribution is -2.55. The van der Waals surface area contributed by atoms with Crippen molar-refractivity contribution in [3.8, 4) is 0 Å². The maximum atomic E-state index is 12.7. The zero-order valence-electron chi connectivity index (χ0n) is 13.0. The molecule has 1 aromatic carbocycles. The molecule has 0 amide bonds. The van der Waals surface area contributed by atoms with E-state index in [1.165, 1.54) is 12.1 Å². The topological polar surface area (TPSA) is 52.5 Å². The number of piperidine rings is 1. The number of nitrogens with one attached hydrogen (secondary N) is 1. The van der Waals surface area contributed by atoms with Crippen molar-refractivity contribution < 1.29 is 23.4 Å². The molecule has 3 nitrogen and oxygen atoms in total. The van der Waals surface area contributed by atoms with Crippen molar-refractivity contribution in [2.75, 3.05) is 6.61 Å². The minimum atomic E-state index is -4.37. The fourth-order valence-electron chi connectivity index (χ4n) is 3.76. The molecule has 2 fully saturated rings. The van der Waals surface area contributed by atoms with E-state index in [1.807, 2.05) is 6.92 Å². The maximum absolute atomic E-state index is 12.7. The minimum Gasteiger partial charge on any atom is -0.396 e. The highest BCUT2D eigenvalue weighted by molar-refractivity contribution is 5.30. The lowest BCUT2D eigenvalue weighted by Gasteiger charge is -2.44. The molecule has 0 radical (unpaired) electrons. The Morgan fingerprint density at radius 1 is 1.17 bits per heavy atom. The molecule has 6 heteroatoms. The van der Waals surface area contributed by atoms with Gasteiger partial charge in [0.05, 0.1) is 17.8 Å². The number of benzene rings is 1. The van der Waals surface area contributed by atoms with E-state index in [-0.39, 0.29) is 24.1 Å². The Morgan fingerprint density at radius 2 is 1.78 bits per heavy atom. The molecule has 1 aliphatic heterocycles. The van der Waals surface area contributed by atoms with Crippen molar-refractivity contribution in [1.29, 1.82) is 0 Å². The van der Waals surface area contributed by atoms with Crippen LogP contribution in [0.2, 0.25) is 0 Å². The number of hydrogen-bond donors (Lipinski definition) is 3. The van der Waals surface area contributed by atoms with E-state index in [2.05, 4.69) is 5.32 Å². The van der Waals surface area contributed by atoms with Gasteiger partial charge in [0.25, 0.3) is 0 Å². The molecule has 1 heterocycles. The van der Waals surface area contributed by atoms with Crippen LogP contribution in [0.5, 0.6) is 0 Å². The van der Waals surface area contributed by atoms with Gasteiger partial charge in [0, 0.05) is 17.5 Å². The van der Waals surface area contributed by atoms with E-state index in [4.69, 9.17) is 0 Å². The number of hydrogen-bond acceptors (Lipinski definition) is 3. The second-order valence-electron chi connectivity index (χ2n) is 7.16. The van der Waals surface area contributed by atoms with Crippen molar-refractivity contribution in [2.45, 2.75) is 56.5 Å². The maximum Gasteiger partial charge on any atom is 0.416 e. The summed E-state index contributed by atoms with van der Waals surface area (Å²) < 4.78 is 38.1. The first-order valence-electron chi connectivity index (χ1n) is 7.96. The summed E-state index contributed by atoms with van der Waals surface area (Å²) in [4.78, 5) is 0.